The highest BCUT2D eigenvalue weighted by atomic mass is 16.5. The fraction of sp³-hybridized carbons (Fsp3) is 0.100. The lowest BCUT2D eigenvalue weighted by atomic mass is 10.1. The molecule has 2 aromatic carbocycles. The summed E-state index contributed by atoms with van der Waals surface area (Å²) in [5, 5.41) is 11.0. The van der Waals surface area contributed by atoms with Gasteiger partial charge in [0.25, 0.3) is 6.47 Å². The Bertz CT molecular complexity index is 916. The molecular weight excluding hydrogens is 302 g/mol. The van der Waals surface area contributed by atoms with Gasteiger partial charge in [-0.25, -0.2) is 0 Å². The molecule has 0 aliphatic rings. The average Bonchev–Trinajstić information content (AvgIpc) is 2.61. The summed E-state index contributed by atoms with van der Waals surface area (Å²) in [6.07, 6.45) is 3.92. The maximum absolute atomic E-state index is 10.3. The van der Waals surface area contributed by atoms with Gasteiger partial charge in [0.2, 0.25) is 11.2 Å². The number of aromatic hydroxyl groups is 1. The second-order valence-electron chi connectivity index (χ2n) is 5.34. The van der Waals surface area contributed by atoms with Crippen LogP contribution in [0.5, 0.6) is 11.5 Å². The van der Waals surface area contributed by atoms with Gasteiger partial charge in [0.05, 0.1) is 0 Å². The van der Waals surface area contributed by atoms with Crippen LogP contribution in [0, 0.1) is 0 Å². The lowest BCUT2D eigenvalue weighted by molar-refractivity contribution is -0.669. The van der Waals surface area contributed by atoms with Gasteiger partial charge in [-0.15, -0.1) is 0 Å². The van der Waals surface area contributed by atoms with Gasteiger partial charge >= 0.3 is 0 Å². The van der Waals surface area contributed by atoms with Gasteiger partial charge in [-0.05, 0) is 42.8 Å². The molecule has 0 aliphatic heterocycles. The lowest BCUT2D eigenvalue weighted by Crippen LogP contribution is -2.36. The molecule has 0 amide bonds. The first kappa shape index (κ1) is 15.7. The van der Waals surface area contributed by atoms with Crippen molar-refractivity contribution in [2.24, 2.45) is 0 Å². The largest absolute Gasteiger partial charge is 0.504 e. The second-order valence-corrected chi connectivity index (χ2v) is 5.34. The van der Waals surface area contributed by atoms with Crippen molar-refractivity contribution in [3.05, 3.63) is 65.9 Å². The Morgan fingerprint density at radius 2 is 1.92 bits per heavy atom. The molecule has 0 saturated carbocycles. The van der Waals surface area contributed by atoms with Crippen molar-refractivity contribution in [1.82, 2.24) is 0 Å². The third-order valence-corrected chi connectivity index (χ3v) is 3.89. The van der Waals surface area contributed by atoms with Crippen LogP contribution in [0.2, 0.25) is 0 Å². The lowest BCUT2D eigenvalue weighted by Gasteiger charge is -2.04. The first-order valence-electron chi connectivity index (χ1n) is 7.76. The fourth-order valence-electron chi connectivity index (χ4n) is 2.75. The van der Waals surface area contributed by atoms with Gasteiger partial charge in [0, 0.05) is 23.6 Å². The van der Waals surface area contributed by atoms with Crippen molar-refractivity contribution >= 4 is 29.5 Å². The Balaban J connectivity index is 1.96. The third kappa shape index (κ3) is 3.13. The van der Waals surface area contributed by atoms with E-state index in [1.807, 2.05) is 24.3 Å². The molecule has 0 spiro atoms. The number of fused-ring (bicyclic) bond motifs is 1. The molecule has 1 N–H and O–H groups in total. The Hall–Kier alpha value is -3.14. The Morgan fingerprint density at radius 1 is 1.08 bits per heavy atom. The van der Waals surface area contributed by atoms with E-state index in [4.69, 9.17) is 0 Å². The Morgan fingerprint density at radius 3 is 2.67 bits per heavy atom. The van der Waals surface area contributed by atoms with Crippen molar-refractivity contribution < 1.29 is 19.2 Å². The van der Waals surface area contributed by atoms with Crippen LogP contribution in [0.25, 0.3) is 23.1 Å². The van der Waals surface area contributed by atoms with Crippen molar-refractivity contribution in [3.63, 3.8) is 0 Å². The van der Waals surface area contributed by atoms with Crippen LogP contribution < -0.4 is 9.30 Å². The minimum atomic E-state index is -0.0638. The van der Waals surface area contributed by atoms with E-state index in [1.165, 1.54) is 10.9 Å². The number of hydrogen-bond acceptors (Lipinski definition) is 3. The topological polar surface area (TPSA) is 50.4 Å². The maximum atomic E-state index is 10.3. The molecule has 0 saturated heterocycles. The van der Waals surface area contributed by atoms with Crippen molar-refractivity contribution in [2.45, 2.75) is 13.5 Å². The molecule has 0 radical (unpaired) electrons. The summed E-state index contributed by atoms with van der Waals surface area (Å²) in [4.78, 5) is 10.3. The van der Waals surface area contributed by atoms with Gasteiger partial charge in [-0.1, -0.05) is 18.2 Å². The number of carbonyl (C=O) groups is 1. The van der Waals surface area contributed by atoms with E-state index in [9.17, 15) is 9.90 Å². The highest BCUT2D eigenvalue weighted by Gasteiger charge is 2.11. The first-order valence-corrected chi connectivity index (χ1v) is 7.76. The fourth-order valence-corrected chi connectivity index (χ4v) is 2.75. The zero-order chi connectivity index (χ0) is 16.9. The molecule has 0 bridgehead atoms. The molecule has 0 aliphatic carbocycles. The van der Waals surface area contributed by atoms with E-state index >= 15 is 0 Å². The third-order valence-electron chi connectivity index (χ3n) is 3.89. The van der Waals surface area contributed by atoms with E-state index in [2.05, 4.69) is 40.5 Å². The van der Waals surface area contributed by atoms with Gasteiger partial charge in [-0.2, -0.15) is 4.57 Å². The highest BCUT2D eigenvalue weighted by Crippen LogP contribution is 2.27. The molecule has 3 aromatic rings. The van der Waals surface area contributed by atoms with Crippen LogP contribution in [0.3, 0.4) is 0 Å². The predicted molar refractivity (Wildman–Crippen MR) is 93.5 cm³/mol. The number of nitrogens with zero attached hydrogens (tertiary/aromatic N) is 1. The van der Waals surface area contributed by atoms with Crippen molar-refractivity contribution in [1.29, 1.82) is 0 Å². The number of phenolic OH excluding ortho intramolecular Hbond substituents is 1. The van der Waals surface area contributed by atoms with Crippen LogP contribution in [-0.2, 0) is 11.3 Å². The van der Waals surface area contributed by atoms with E-state index < -0.39 is 0 Å². The smallest absolute Gasteiger partial charge is 0.298 e. The van der Waals surface area contributed by atoms with Gasteiger partial charge in [0.15, 0.2) is 11.5 Å². The van der Waals surface area contributed by atoms with E-state index in [0.717, 1.165) is 17.8 Å². The Kier molecular flexibility index (Phi) is 4.57. The SMILES string of the molecule is CC[n+]1c(/C=C/c2ccc(OC=O)c(O)c2)ccc2ccccc21. The molecule has 4 heteroatoms. The average molecular weight is 320 g/mol. The van der Waals surface area contributed by atoms with E-state index in [1.54, 1.807) is 18.2 Å². The molecule has 24 heavy (non-hydrogen) atoms. The summed E-state index contributed by atoms with van der Waals surface area (Å²) >= 11 is 0. The molecule has 1 aromatic heterocycles. The number of pyridine rings is 1. The summed E-state index contributed by atoms with van der Waals surface area (Å²) in [5.74, 6) is 0.0857. The van der Waals surface area contributed by atoms with Crippen LogP contribution >= 0.6 is 0 Å². The summed E-state index contributed by atoms with van der Waals surface area (Å²) in [7, 11) is 0. The standard InChI is InChI=1S/C20H17NO3/c1-2-21-17(11-9-16-5-3-4-6-18(16)21)10-7-15-8-12-20(24-14-22)19(23)13-15/h3-14H,2H2,1H3/p+1/b10-7+. The van der Waals surface area contributed by atoms with Crippen molar-refractivity contribution in [2.75, 3.05) is 0 Å². The molecule has 0 atom stereocenters. The molecule has 3 rings (SSSR count). The number of carbonyl (C=O) groups excluding carboxylic acids is 1. The molecule has 4 nitrogen and oxygen atoms in total. The summed E-state index contributed by atoms with van der Waals surface area (Å²) in [6, 6.07) is 17.4. The first-order chi connectivity index (χ1) is 11.7. The van der Waals surface area contributed by atoms with Crippen LogP contribution in [0.15, 0.2) is 54.6 Å². The number of aromatic nitrogens is 1. The number of phenols is 1. The predicted octanol–water partition coefficient (Wildman–Crippen LogP) is 3.56. The minimum Gasteiger partial charge on any atom is -0.504 e. The van der Waals surface area contributed by atoms with E-state index in [-0.39, 0.29) is 11.5 Å². The van der Waals surface area contributed by atoms with Crippen LogP contribution in [0.1, 0.15) is 18.2 Å². The van der Waals surface area contributed by atoms with Gasteiger partial charge < -0.3 is 9.84 Å². The second kappa shape index (κ2) is 6.96. The normalized spacial score (nSPS) is 11.0. The maximum Gasteiger partial charge on any atom is 0.298 e. The number of hydrogen-bond donors (Lipinski definition) is 1. The molecule has 120 valence electrons. The molecule has 0 fully saturated rings. The quantitative estimate of drug-likeness (QED) is 0.578. The van der Waals surface area contributed by atoms with Gasteiger partial charge in [0.1, 0.15) is 6.54 Å². The number of para-hydroxylation sites is 1. The highest BCUT2D eigenvalue weighted by molar-refractivity contribution is 5.77. The van der Waals surface area contributed by atoms with Gasteiger partial charge in [-0.3, -0.25) is 4.79 Å². The zero-order valence-corrected chi connectivity index (χ0v) is 13.3. The Labute approximate surface area is 140 Å². The minimum absolute atomic E-state index is 0.0638. The van der Waals surface area contributed by atoms with Crippen molar-refractivity contribution in [3.8, 4) is 11.5 Å². The molecule has 1 heterocycles. The van der Waals surface area contributed by atoms with E-state index in [0.29, 0.717) is 6.47 Å². The van der Waals surface area contributed by atoms with Crippen LogP contribution in [0.4, 0.5) is 0 Å². The number of aryl methyl sites for hydroxylation is 1. The summed E-state index contributed by atoms with van der Waals surface area (Å²) in [5.41, 5.74) is 3.07. The molecule has 0 unspecified atom stereocenters. The summed E-state index contributed by atoms with van der Waals surface area (Å²) in [6.45, 7) is 3.27. The number of rotatable bonds is 5. The van der Waals surface area contributed by atoms with Crippen LogP contribution in [-0.4, -0.2) is 11.6 Å². The molecular formula is C20H18NO3+. The monoisotopic (exact) mass is 320 g/mol. The summed E-state index contributed by atoms with van der Waals surface area (Å²) < 4.78 is 6.91. The number of benzene rings is 2. The zero-order valence-electron chi connectivity index (χ0n) is 13.3. The number of ether oxygens (including phenoxy) is 1.